The molecule has 5 rings (SSSR count). The molecule has 0 aliphatic carbocycles. The second kappa shape index (κ2) is 7.20. The number of nitrogens with zero attached hydrogens (tertiary/aromatic N) is 6. The lowest BCUT2D eigenvalue weighted by Gasteiger charge is -2.13. The predicted octanol–water partition coefficient (Wildman–Crippen LogP) is 4.70. The van der Waals surface area contributed by atoms with Crippen molar-refractivity contribution in [2.75, 3.05) is 5.32 Å². The van der Waals surface area contributed by atoms with Crippen LogP contribution in [-0.2, 0) is 0 Å². The first-order valence-corrected chi connectivity index (χ1v) is 9.25. The molecule has 0 aliphatic rings. The monoisotopic (exact) mass is 421 g/mol. The van der Waals surface area contributed by atoms with Crippen LogP contribution in [0, 0.1) is 12.7 Å². The number of nitrogens with one attached hydrogen (secondary N) is 1. The third kappa shape index (κ3) is 3.35. The molecule has 1 aromatic carbocycles. The van der Waals surface area contributed by atoms with Crippen LogP contribution in [0.15, 0.2) is 55.4 Å². The van der Waals surface area contributed by atoms with Gasteiger partial charge >= 0.3 is 0 Å². The van der Waals surface area contributed by atoms with Crippen LogP contribution < -0.4 is 10.1 Å². The maximum atomic E-state index is 14.9. The van der Waals surface area contributed by atoms with E-state index in [4.69, 9.17) is 16.3 Å². The third-order valence-electron chi connectivity index (χ3n) is 4.49. The Hall–Kier alpha value is -3.85. The van der Waals surface area contributed by atoms with Crippen molar-refractivity contribution < 1.29 is 9.13 Å². The maximum Gasteiger partial charge on any atom is 0.158 e. The van der Waals surface area contributed by atoms with Crippen molar-refractivity contribution >= 4 is 39.7 Å². The van der Waals surface area contributed by atoms with Gasteiger partial charge in [0.05, 0.1) is 17.4 Å². The van der Waals surface area contributed by atoms with Crippen molar-refractivity contribution in [1.82, 2.24) is 29.5 Å². The van der Waals surface area contributed by atoms with Gasteiger partial charge in [0.1, 0.15) is 40.9 Å². The molecule has 4 aromatic heterocycles. The van der Waals surface area contributed by atoms with Crippen LogP contribution in [0.5, 0.6) is 11.5 Å². The van der Waals surface area contributed by atoms with Gasteiger partial charge in [-0.05, 0) is 30.7 Å². The van der Waals surface area contributed by atoms with Gasteiger partial charge in [0.15, 0.2) is 5.65 Å². The summed E-state index contributed by atoms with van der Waals surface area (Å²) in [6.07, 6.45) is 6.09. The molecule has 0 bridgehead atoms. The molecule has 30 heavy (non-hydrogen) atoms. The van der Waals surface area contributed by atoms with Crippen LogP contribution in [0.2, 0.25) is 5.15 Å². The normalized spacial score (nSPS) is 11.2. The van der Waals surface area contributed by atoms with Crippen molar-refractivity contribution in [1.29, 1.82) is 0 Å². The Labute approximate surface area is 174 Å². The molecule has 1 N–H and O–H groups in total. The van der Waals surface area contributed by atoms with Crippen LogP contribution >= 0.6 is 11.6 Å². The zero-order chi connectivity index (χ0) is 20.7. The minimum atomic E-state index is -0.494. The van der Waals surface area contributed by atoms with E-state index < -0.39 is 5.82 Å². The van der Waals surface area contributed by atoms with Crippen LogP contribution in [0.3, 0.4) is 0 Å². The molecule has 0 saturated carbocycles. The van der Waals surface area contributed by atoms with Crippen molar-refractivity contribution in [2.45, 2.75) is 6.92 Å². The smallest absolute Gasteiger partial charge is 0.158 e. The summed E-state index contributed by atoms with van der Waals surface area (Å²) < 4.78 is 22.3. The molecule has 0 spiro atoms. The van der Waals surface area contributed by atoms with Gasteiger partial charge in [-0.3, -0.25) is 0 Å². The standard InChI is InChI=1S/C20H13ClFN7O/c1-11-4-15(28-20-13-6-18(21)23-8-16(13)24-9-26-20)14(22)7-17(11)30-12-2-3-29-19(5-12)25-10-27-29/h2-10H,1H3,(H,24,26,28). The van der Waals surface area contributed by atoms with E-state index in [0.717, 1.165) is 5.56 Å². The molecule has 0 aliphatic heterocycles. The lowest BCUT2D eigenvalue weighted by Crippen LogP contribution is -2.00. The first-order valence-electron chi connectivity index (χ1n) is 8.87. The number of anilines is 2. The van der Waals surface area contributed by atoms with E-state index in [0.29, 0.717) is 39.0 Å². The molecule has 0 amide bonds. The largest absolute Gasteiger partial charge is 0.457 e. The number of rotatable bonds is 4. The zero-order valence-electron chi connectivity index (χ0n) is 15.5. The fraction of sp³-hybridized carbons (Fsp3) is 0.0500. The Morgan fingerprint density at radius 1 is 1.07 bits per heavy atom. The van der Waals surface area contributed by atoms with E-state index in [-0.39, 0.29) is 5.69 Å². The van der Waals surface area contributed by atoms with Gasteiger partial charge in [0.2, 0.25) is 0 Å². The van der Waals surface area contributed by atoms with Crippen molar-refractivity contribution in [3.8, 4) is 11.5 Å². The number of aromatic nitrogens is 6. The van der Waals surface area contributed by atoms with Crippen molar-refractivity contribution in [2.24, 2.45) is 0 Å². The highest BCUT2D eigenvalue weighted by Crippen LogP contribution is 2.32. The maximum absolute atomic E-state index is 14.9. The Morgan fingerprint density at radius 2 is 1.97 bits per heavy atom. The number of aryl methyl sites for hydroxylation is 1. The zero-order valence-corrected chi connectivity index (χ0v) is 16.3. The van der Waals surface area contributed by atoms with Crippen LogP contribution in [0.1, 0.15) is 5.56 Å². The van der Waals surface area contributed by atoms with Gasteiger partial charge in [-0.2, -0.15) is 5.10 Å². The fourth-order valence-electron chi connectivity index (χ4n) is 3.02. The highest BCUT2D eigenvalue weighted by molar-refractivity contribution is 6.30. The molecular formula is C20H13ClFN7O. The highest BCUT2D eigenvalue weighted by atomic mass is 35.5. The molecule has 0 fully saturated rings. The Balaban J connectivity index is 1.46. The Morgan fingerprint density at radius 3 is 2.87 bits per heavy atom. The van der Waals surface area contributed by atoms with Gasteiger partial charge in [0, 0.05) is 23.7 Å². The first-order chi connectivity index (χ1) is 14.6. The molecule has 148 valence electrons. The summed E-state index contributed by atoms with van der Waals surface area (Å²) in [6.45, 7) is 1.83. The summed E-state index contributed by atoms with van der Waals surface area (Å²) in [6, 6.07) is 8.06. The molecule has 8 nitrogen and oxygen atoms in total. The van der Waals surface area contributed by atoms with Crippen LogP contribution in [0.4, 0.5) is 15.9 Å². The van der Waals surface area contributed by atoms with E-state index in [1.807, 2.05) is 6.92 Å². The summed E-state index contributed by atoms with van der Waals surface area (Å²) in [5.74, 6) is 0.851. The summed E-state index contributed by atoms with van der Waals surface area (Å²) >= 11 is 5.98. The minimum Gasteiger partial charge on any atom is -0.457 e. The van der Waals surface area contributed by atoms with Crippen molar-refractivity contribution in [3.05, 3.63) is 71.9 Å². The van der Waals surface area contributed by atoms with E-state index in [1.165, 1.54) is 24.9 Å². The molecule has 0 saturated heterocycles. The van der Waals surface area contributed by atoms with Crippen LogP contribution in [-0.4, -0.2) is 29.5 Å². The Kier molecular flexibility index (Phi) is 4.36. The second-order valence-corrected chi connectivity index (χ2v) is 6.88. The number of fused-ring (bicyclic) bond motifs is 2. The average molecular weight is 422 g/mol. The summed E-state index contributed by atoms with van der Waals surface area (Å²) in [5.41, 5.74) is 2.21. The van der Waals surface area contributed by atoms with Gasteiger partial charge < -0.3 is 10.1 Å². The molecule has 5 aromatic rings. The predicted molar refractivity (Wildman–Crippen MR) is 110 cm³/mol. The summed E-state index contributed by atoms with van der Waals surface area (Å²) in [7, 11) is 0. The van der Waals surface area contributed by atoms with Gasteiger partial charge in [-0.15, -0.1) is 0 Å². The quantitative estimate of drug-likeness (QED) is 0.420. The number of halogens is 2. The first kappa shape index (κ1) is 18.2. The number of pyridine rings is 2. The van der Waals surface area contributed by atoms with Crippen LogP contribution in [0.25, 0.3) is 16.6 Å². The van der Waals surface area contributed by atoms with E-state index >= 15 is 0 Å². The highest BCUT2D eigenvalue weighted by Gasteiger charge is 2.13. The topological polar surface area (TPSA) is 90.1 Å². The molecule has 4 heterocycles. The Bertz CT molecular complexity index is 1410. The molecule has 0 radical (unpaired) electrons. The SMILES string of the molecule is Cc1cc(Nc2ncnc3cnc(Cl)cc23)c(F)cc1Oc1ccn2ncnc2c1. The number of benzene rings is 1. The van der Waals surface area contributed by atoms with E-state index in [2.05, 4.69) is 30.4 Å². The van der Waals surface area contributed by atoms with Crippen molar-refractivity contribution in [3.63, 3.8) is 0 Å². The van der Waals surface area contributed by atoms with Gasteiger partial charge in [0.25, 0.3) is 0 Å². The molecule has 0 unspecified atom stereocenters. The van der Waals surface area contributed by atoms with Gasteiger partial charge in [-0.1, -0.05) is 11.6 Å². The summed E-state index contributed by atoms with van der Waals surface area (Å²) in [4.78, 5) is 16.5. The number of hydrogen-bond acceptors (Lipinski definition) is 7. The average Bonchev–Trinajstić information content (AvgIpc) is 3.20. The molecular weight excluding hydrogens is 409 g/mol. The molecule has 10 heteroatoms. The van der Waals surface area contributed by atoms with E-state index in [9.17, 15) is 4.39 Å². The lowest BCUT2D eigenvalue weighted by molar-refractivity contribution is 0.473. The minimum absolute atomic E-state index is 0.251. The molecule has 0 atom stereocenters. The fourth-order valence-corrected chi connectivity index (χ4v) is 3.17. The van der Waals surface area contributed by atoms with E-state index in [1.54, 1.807) is 35.0 Å². The van der Waals surface area contributed by atoms with Gasteiger partial charge in [-0.25, -0.2) is 28.8 Å². The third-order valence-corrected chi connectivity index (χ3v) is 4.69. The summed E-state index contributed by atoms with van der Waals surface area (Å²) in [5, 5.41) is 7.97. The second-order valence-electron chi connectivity index (χ2n) is 6.50. The number of hydrogen-bond donors (Lipinski definition) is 1. The number of ether oxygens (including phenoxy) is 1. The lowest BCUT2D eigenvalue weighted by atomic mass is 10.2.